The van der Waals surface area contributed by atoms with Crippen molar-refractivity contribution in [2.24, 2.45) is 0 Å². The highest BCUT2D eigenvalue weighted by Gasteiger charge is 2.02. The van der Waals surface area contributed by atoms with Crippen LogP contribution in [0.5, 0.6) is 0 Å². The largest absolute Gasteiger partial charge is 0.298 e. The lowest BCUT2D eigenvalue weighted by Gasteiger charge is -2.03. The molecule has 0 spiro atoms. The topological polar surface area (TPSA) is 30.0 Å². The molecule has 2 nitrogen and oxygen atoms in total. The third kappa shape index (κ3) is 1.94. The first-order valence-corrected chi connectivity index (χ1v) is 4.79. The Hall–Kier alpha value is -1.96. The van der Waals surface area contributed by atoms with Crippen molar-refractivity contribution in [1.29, 1.82) is 0 Å². The smallest absolute Gasteiger partial charge is 0.151 e. The molecule has 74 valence electrons. The lowest BCUT2D eigenvalue weighted by Crippen LogP contribution is -1.92. The maximum absolute atomic E-state index is 10.6. The summed E-state index contributed by atoms with van der Waals surface area (Å²) < 4.78 is 0. The Kier molecular flexibility index (Phi) is 2.59. The van der Waals surface area contributed by atoms with Gasteiger partial charge in [0.2, 0.25) is 0 Å². The number of aryl methyl sites for hydroxylation is 1. The second kappa shape index (κ2) is 4.05. The van der Waals surface area contributed by atoms with Crippen LogP contribution in [0.1, 0.15) is 16.1 Å². The van der Waals surface area contributed by atoms with E-state index in [0.29, 0.717) is 5.56 Å². The molecule has 0 radical (unpaired) electrons. The van der Waals surface area contributed by atoms with Gasteiger partial charge < -0.3 is 0 Å². The summed E-state index contributed by atoms with van der Waals surface area (Å²) in [7, 11) is 0. The summed E-state index contributed by atoms with van der Waals surface area (Å²) in [6.07, 6.45) is 0.830. The van der Waals surface area contributed by atoms with E-state index in [4.69, 9.17) is 0 Å². The maximum atomic E-state index is 10.6. The molecule has 0 amide bonds. The average molecular weight is 197 g/mol. The molecule has 0 saturated carbocycles. The maximum Gasteiger partial charge on any atom is 0.151 e. The zero-order valence-electron chi connectivity index (χ0n) is 8.47. The van der Waals surface area contributed by atoms with Crippen molar-refractivity contribution < 1.29 is 4.79 Å². The summed E-state index contributed by atoms with van der Waals surface area (Å²) in [4.78, 5) is 15.0. The molecule has 2 heteroatoms. The molecule has 0 aliphatic heterocycles. The SMILES string of the molecule is Cc1nc(-c2ccccc2)ccc1C=O. The van der Waals surface area contributed by atoms with Crippen molar-refractivity contribution in [2.75, 3.05) is 0 Å². The van der Waals surface area contributed by atoms with Crippen LogP contribution in [0.2, 0.25) is 0 Å². The molecule has 0 atom stereocenters. The fourth-order valence-electron chi connectivity index (χ4n) is 1.47. The van der Waals surface area contributed by atoms with Gasteiger partial charge in [-0.2, -0.15) is 0 Å². The number of benzene rings is 1. The zero-order chi connectivity index (χ0) is 10.7. The monoisotopic (exact) mass is 197 g/mol. The molecule has 1 aromatic carbocycles. The fourth-order valence-corrected chi connectivity index (χ4v) is 1.47. The van der Waals surface area contributed by atoms with Gasteiger partial charge in [0.1, 0.15) is 0 Å². The number of pyridine rings is 1. The second-order valence-electron chi connectivity index (χ2n) is 3.36. The minimum atomic E-state index is 0.648. The van der Waals surface area contributed by atoms with Crippen molar-refractivity contribution in [3.63, 3.8) is 0 Å². The van der Waals surface area contributed by atoms with E-state index in [1.807, 2.05) is 43.3 Å². The molecule has 0 bridgehead atoms. The first-order chi connectivity index (χ1) is 7.31. The molecule has 0 fully saturated rings. The molecule has 2 rings (SSSR count). The number of carbonyl (C=O) groups is 1. The summed E-state index contributed by atoms with van der Waals surface area (Å²) in [5.41, 5.74) is 3.39. The van der Waals surface area contributed by atoms with Gasteiger partial charge in [-0.3, -0.25) is 9.78 Å². The highest BCUT2D eigenvalue weighted by Crippen LogP contribution is 2.17. The standard InChI is InChI=1S/C13H11NO/c1-10-12(9-15)7-8-13(14-10)11-5-3-2-4-6-11/h2-9H,1H3. The van der Waals surface area contributed by atoms with Crippen LogP contribution in [0.15, 0.2) is 42.5 Å². The van der Waals surface area contributed by atoms with E-state index in [1.54, 1.807) is 6.07 Å². The summed E-state index contributed by atoms with van der Waals surface area (Å²) in [6.45, 7) is 1.84. The van der Waals surface area contributed by atoms with Crippen molar-refractivity contribution in [3.05, 3.63) is 53.7 Å². The number of hydrogen-bond donors (Lipinski definition) is 0. The van der Waals surface area contributed by atoms with Gasteiger partial charge in [0.25, 0.3) is 0 Å². The summed E-state index contributed by atoms with van der Waals surface area (Å²) in [6, 6.07) is 13.6. The van der Waals surface area contributed by atoms with Gasteiger partial charge in [-0.25, -0.2) is 0 Å². The molecule has 0 aliphatic rings. The van der Waals surface area contributed by atoms with E-state index >= 15 is 0 Å². The van der Waals surface area contributed by atoms with Crippen LogP contribution in [0, 0.1) is 6.92 Å². The van der Waals surface area contributed by atoms with E-state index in [1.165, 1.54) is 0 Å². The zero-order valence-corrected chi connectivity index (χ0v) is 8.47. The Labute approximate surface area is 88.6 Å². The normalized spacial score (nSPS) is 9.93. The van der Waals surface area contributed by atoms with Gasteiger partial charge in [0.15, 0.2) is 6.29 Å². The van der Waals surface area contributed by atoms with Gasteiger partial charge in [-0.05, 0) is 19.1 Å². The summed E-state index contributed by atoms with van der Waals surface area (Å²) >= 11 is 0. The number of aldehydes is 1. The van der Waals surface area contributed by atoms with E-state index < -0.39 is 0 Å². The number of hydrogen-bond acceptors (Lipinski definition) is 2. The van der Waals surface area contributed by atoms with Gasteiger partial charge in [0.05, 0.1) is 5.69 Å². The predicted octanol–water partition coefficient (Wildman–Crippen LogP) is 2.87. The lowest BCUT2D eigenvalue weighted by atomic mass is 10.1. The lowest BCUT2D eigenvalue weighted by molar-refractivity contribution is 0.112. The van der Waals surface area contributed by atoms with Gasteiger partial charge in [-0.1, -0.05) is 30.3 Å². The van der Waals surface area contributed by atoms with E-state index in [2.05, 4.69) is 4.98 Å². The molecule has 0 saturated heterocycles. The van der Waals surface area contributed by atoms with Crippen LogP contribution in [-0.4, -0.2) is 11.3 Å². The van der Waals surface area contributed by atoms with Crippen LogP contribution in [0.25, 0.3) is 11.3 Å². The van der Waals surface area contributed by atoms with Gasteiger partial charge >= 0.3 is 0 Å². The minimum absolute atomic E-state index is 0.648. The molecular weight excluding hydrogens is 186 g/mol. The van der Waals surface area contributed by atoms with Crippen molar-refractivity contribution in [2.45, 2.75) is 6.92 Å². The van der Waals surface area contributed by atoms with Crippen LogP contribution in [0.4, 0.5) is 0 Å². The molecule has 15 heavy (non-hydrogen) atoms. The predicted molar refractivity (Wildman–Crippen MR) is 59.8 cm³/mol. The van der Waals surface area contributed by atoms with E-state index in [9.17, 15) is 4.79 Å². The molecule has 1 aromatic heterocycles. The molecule has 0 N–H and O–H groups in total. The third-order valence-electron chi connectivity index (χ3n) is 2.32. The molecule has 2 aromatic rings. The second-order valence-corrected chi connectivity index (χ2v) is 3.36. The number of carbonyl (C=O) groups excluding carboxylic acids is 1. The minimum Gasteiger partial charge on any atom is -0.298 e. The van der Waals surface area contributed by atoms with Gasteiger partial charge in [0, 0.05) is 16.8 Å². The van der Waals surface area contributed by atoms with Crippen molar-refractivity contribution >= 4 is 6.29 Å². The summed E-state index contributed by atoms with van der Waals surface area (Å²) in [5.74, 6) is 0. The van der Waals surface area contributed by atoms with Crippen LogP contribution in [-0.2, 0) is 0 Å². The van der Waals surface area contributed by atoms with E-state index in [0.717, 1.165) is 23.2 Å². The number of nitrogens with zero attached hydrogens (tertiary/aromatic N) is 1. The van der Waals surface area contributed by atoms with Crippen molar-refractivity contribution in [3.8, 4) is 11.3 Å². The fraction of sp³-hybridized carbons (Fsp3) is 0.0769. The Morgan fingerprint density at radius 2 is 1.80 bits per heavy atom. The van der Waals surface area contributed by atoms with Crippen molar-refractivity contribution in [1.82, 2.24) is 4.98 Å². The quantitative estimate of drug-likeness (QED) is 0.693. The average Bonchev–Trinajstić information content (AvgIpc) is 2.30. The van der Waals surface area contributed by atoms with E-state index in [-0.39, 0.29) is 0 Å². The third-order valence-corrected chi connectivity index (χ3v) is 2.32. The summed E-state index contributed by atoms with van der Waals surface area (Å²) in [5, 5.41) is 0. The molecule has 0 unspecified atom stereocenters. The van der Waals surface area contributed by atoms with Crippen LogP contribution in [0.3, 0.4) is 0 Å². The van der Waals surface area contributed by atoms with Crippen LogP contribution < -0.4 is 0 Å². The molecular formula is C13H11NO. The number of aromatic nitrogens is 1. The first kappa shape index (κ1) is 9.59. The molecule has 1 heterocycles. The van der Waals surface area contributed by atoms with Crippen LogP contribution >= 0.6 is 0 Å². The molecule has 0 aliphatic carbocycles. The Morgan fingerprint density at radius 3 is 2.40 bits per heavy atom. The Morgan fingerprint density at radius 1 is 1.07 bits per heavy atom. The highest BCUT2D eigenvalue weighted by molar-refractivity contribution is 5.77. The van der Waals surface area contributed by atoms with Gasteiger partial charge in [-0.15, -0.1) is 0 Å². The first-order valence-electron chi connectivity index (χ1n) is 4.79. The number of rotatable bonds is 2. The Balaban J connectivity index is 2.47. The Bertz CT molecular complexity index is 477. The highest BCUT2D eigenvalue weighted by atomic mass is 16.1.